The maximum atomic E-state index is 5.20. The van der Waals surface area contributed by atoms with Gasteiger partial charge in [-0.1, -0.05) is 6.07 Å². The van der Waals surface area contributed by atoms with Crippen LogP contribution in [0, 0.1) is 6.92 Å². The van der Waals surface area contributed by atoms with Crippen molar-refractivity contribution in [2.45, 2.75) is 13.3 Å². The van der Waals surface area contributed by atoms with Crippen molar-refractivity contribution in [3.05, 3.63) is 30.2 Å². The van der Waals surface area contributed by atoms with E-state index in [4.69, 9.17) is 4.42 Å². The number of nitrogens with one attached hydrogen (secondary N) is 1. The summed E-state index contributed by atoms with van der Waals surface area (Å²) in [6.07, 6.45) is 4.63. The van der Waals surface area contributed by atoms with E-state index >= 15 is 0 Å². The van der Waals surface area contributed by atoms with Crippen LogP contribution in [-0.4, -0.2) is 28.8 Å². The zero-order valence-corrected chi connectivity index (χ0v) is 11.5. The van der Waals surface area contributed by atoms with Crippen LogP contribution in [0.1, 0.15) is 12.0 Å². The topological polar surface area (TPSA) is 51.0 Å². The van der Waals surface area contributed by atoms with Gasteiger partial charge < -0.3 is 9.73 Å². The van der Waals surface area contributed by atoms with E-state index in [1.165, 1.54) is 17.7 Å². The van der Waals surface area contributed by atoms with E-state index in [0.717, 1.165) is 24.2 Å². The number of nitrogens with zero attached hydrogens (tertiary/aromatic N) is 2. The molecule has 0 amide bonds. The highest BCUT2D eigenvalue weighted by Crippen LogP contribution is 2.23. The Balaban J connectivity index is 2.07. The Bertz CT molecular complexity index is 485. The Hall–Kier alpha value is -1.49. The molecule has 96 valence electrons. The van der Waals surface area contributed by atoms with Gasteiger partial charge >= 0.3 is 0 Å². The van der Waals surface area contributed by atoms with Crippen molar-refractivity contribution in [3.8, 4) is 11.5 Å². The molecule has 2 aromatic rings. The van der Waals surface area contributed by atoms with Gasteiger partial charge in [-0.3, -0.25) is 0 Å². The van der Waals surface area contributed by atoms with E-state index in [-0.39, 0.29) is 0 Å². The van der Waals surface area contributed by atoms with Crippen LogP contribution in [0.25, 0.3) is 11.5 Å². The first kappa shape index (κ1) is 13.0. The van der Waals surface area contributed by atoms with E-state index in [2.05, 4.69) is 40.8 Å². The number of benzene rings is 1. The monoisotopic (exact) mass is 263 g/mol. The smallest absolute Gasteiger partial charge is 0.247 e. The first-order valence-corrected chi connectivity index (χ1v) is 7.30. The minimum Gasteiger partial charge on any atom is -0.423 e. The van der Waals surface area contributed by atoms with Gasteiger partial charge in [-0.2, -0.15) is 11.8 Å². The number of thioether (sulfide) groups is 1. The van der Waals surface area contributed by atoms with Crippen molar-refractivity contribution in [2.24, 2.45) is 0 Å². The molecule has 1 aromatic heterocycles. The summed E-state index contributed by atoms with van der Waals surface area (Å²) >= 11 is 1.87. The average molecular weight is 263 g/mol. The molecular weight excluding hydrogens is 246 g/mol. The molecule has 18 heavy (non-hydrogen) atoms. The average Bonchev–Trinajstić information content (AvgIpc) is 2.90. The zero-order valence-electron chi connectivity index (χ0n) is 10.6. The van der Waals surface area contributed by atoms with Gasteiger partial charge in [-0.15, -0.1) is 10.2 Å². The van der Waals surface area contributed by atoms with Gasteiger partial charge in [-0.05, 0) is 43.0 Å². The highest BCUT2D eigenvalue weighted by atomic mass is 32.2. The number of hydrogen-bond acceptors (Lipinski definition) is 5. The number of hydrogen-bond donors (Lipinski definition) is 1. The molecule has 1 N–H and O–H groups in total. The lowest BCUT2D eigenvalue weighted by molar-refractivity contribution is 0.568. The van der Waals surface area contributed by atoms with Gasteiger partial charge in [0.2, 0.25) is 12.3 Å². The Labute approximate surface area is 111 Å². The predicted molar refractivity (Wildman–Crippen MR) is 76.0 cm³/mol. The zero-order chi connectivity index (χ0) is 12.8. The first-order valence-electron chi connectivity index (χ1n) is 5.91. The van der Waals surface area contributed by atoms with Gasteiger partial charge in [-0.25, -0.2) is 0 Å². The largest absolute Gasteiger partial charge is 0.423 e. The molecular formula is C13H17N3OS. The van der Waals surface area contributed by atoms with E-state index in [9.17, 15) is 0 Å². The van der Waals surface area contributed by atoms with Crippen LogP contribution >= 0.6 is 11.8 Å². The molecule has 0 aliphatic carbocycles. The molecule has 1 heterocycles. The van der Waals surface area contributed by atoms with Crippen LogP contribution < -0.4 is 5.32 Å². The van der Waals surface area contributed by atoms with Crippen LogP contribution in [0.15, 0.2) is 29.0 Å². The summed E-state index contributed by atoms with van der Waals surface area (Å²) in [7, 11) is 0. The van der Waals surface area contributed by atoms with E-state index in [1.807, 2.05) is 17.8 Å². The molecule has 4 nitrogen and oxygen atoms in total. The number of rotatable bonds is 6. The molecule has 0 radical (unpaired) electrons. The van der Waals surface area contributed by atoms with Crippen molar-refractivity contribution in [2.75, 3.05) is 23.9 Å². The summed E-state index contributed by atoms with van der Waals surface area (Å²) in [5.74, 6) is 1.73. The predicted octanol–water partition coefficient (Wildman–Crippen LogP) is 3.21. The standard InChI is InChI=1S/C13H17N3OS/c1-10-4-5-11(13-16-15-9-17-13)8-12(10)14-6-3-7-18-2/h4-5,8-9,14H,3,6-7H2,1-2H3. The van der Waals surface area contributed by atoms with E-state index in [1.54, 1.807) is 0 Å². The second-order valence-electron chi connectivity index (χ2n) is 4.05. The molecule has 0 spiro atoms. The normalized spacial score (nSPS) is 10.6. The Kier molecular flexibility index (Phi) is 4.64. The van der Waals surface area contributed by atoms with Crippen molar-refractivity contribution < 1.29 is 4.42 Å². The maximum absolute atomic E-state index is 5.20. The summed E-state index contributed by atoms with van der Waals surface area (Å²) in [6, 6.07) is 6.12. The second kappa shape index (κ2) is 6.44. The molecule has 0 unspecified atom stereocenters. The molecule has 0 aliphatic heterocycles. The molecule has 2 rings (SSSR count). The fourth-order valence-corrected chi connectivity index (χ4v) is 2.12. The fraction of sp³-hybridized carbons (Fsp3) is 0.385. The molecule has 0 fully saturated rings. The minimum atomic E-state index is 0.558. The Morgan fingerprint density at radius 3 is 3.00 bits per heavy atom. The van der Waals surface area contributed by atoms with Crippen LogP contribution in [0.3, 0.4) is 0 Å². The minimum absolute atomic E-state index is 0.558. The highest BCUT2D eigenvalue weighted by molar-refractivity contribution is 7.98. The van der Waals surface area contributed by atoms with Gasteiger partial charge in [0.15, 0.2) is 0 Å². The van der Waals surface area contributed by atoms with Crippen LogP contribution in [-0.2, 0) is 0 Å². The third kappa shape index (κ3) is 3.26. The molecule has 0 aliphatic rings. The molecule has 1 aromatic carbocycles. The second-order valence-corrected chi connectivity index (χ2v) is 5.03. The Morgan fingerprint density at radius 1 is 1.39 bits per heavy atom. The van der Waals surface area contributed by atoms with Gasteiger partial charge in [0.05, 0.1) is 0 Å². The quantitative estimate of drug-likeness (QED) is 0.811. The Morgan fingerprint density at radius 2 is 2.28 bits per heavy atom. The highest BCUT2D eigenvalue weighted by Gasteiger charge is 2.06. The summed E-state index contributed by atoms with van der Waals surface area (Å²) in [6.45, 7) is 3.07. The molecule has 0 bridgehead atoms. The lowest BCUT2D eigenvalue weighted by Crippen LogP contribution is -2.04. The van der Waals surface area contributed by atoms with Gasteiger partial charge in [0.1, 0.15) is 0 Å². The lowest BCUT2D eigenvalue weighted by Gasteiger charge is -2.10. The summed E-state index contributed by atoms with van der Waals surface area (Å²) < 4.78 is 5.20. The molecule has 5 heteroatoms. The van der Waals surface area contributed by atoms with Gasteiger partial charge in [0, 0.05) is 17.8 Å². The maximum Gasteiger partial charge on any atom is 0.247 e. The third-order valence-corrected chi connectivity index (χ3v) is 3.38. The fourth-order valence-electron chi connectivity index (χ4n) is 1.68. The summed E-state index contributed by atoms with van der Waals surface area (Å²) in [5.41, 5.74) is 3.31. The van der Waals surface area contributed by atoms with Crippen LogP contribution in [0.2, 0.25) is 0 Å². The van der Waals surface area contributed by atoms with Crippen LogP contribution in [0.5, 0.6) is 0 Å². The number of aromatic nitrogens is 2. The third-order valence-electron chi connectivity index (χ3n) is 2.69. The molecule has 0 saturated carbocycles. The van der Waals surface area contributed by atoms with E-state index in [0.29, 0.717) is 5.89 Å². The summed E-state index contributed by atoms with van der Waals surface area (Å²) in [5, 5.41) is 11.1. The van der Waals surface area contributed by atoms with Crippen molar-refractivity contribution in [1.82, 2.24) is 10.2 Å². The first-order chi connectivity index (χ1) is 8.81. The van der Waals surface area contributed by atoms with Crippen molar-refractivity contribution >= 4 is 17.4 Å². The number of anilines is 1. The van der Waals surface area contributed by atoms with Crippen molar-refractivity contribution in [1.29, 1.82) is 0 Å². The van der Waals surface area contributed by atoms with E-state index < -0.39 is 0 Å². The lowest BCUT2D eigenvalue weighted by atomic mass is 10.1. The summed E-state index contributed by atoms with van der Waals surface area (Å²) in [4.78, 5) is 0. The van der Waals surface area contributed by atoms with Crippen LogP contribution in [0.4, 0.5) is 5.69 Å². The molecule has 0 atom stereocenters. The number of aryl methyl sites for hydroxylation is 1. The van der Waals surface area contributed by atoms with Crippen molar-refractivity contribution in [3.63, 3.8) is 0 Å². The SMILES string of the molecule is CSCCCNc1cc(-c2nnco2)ccc1C. The molecule has 0 saturated heterocycles. The van der Waals surface area contributed by atoms with Gasteiger partial charge in [0.25, 0.3) is 0 Å².